The van der Waals surface area contributed by atoms with E-state index in [1.807, 2.05) is 12.1 Å². The van der Waals surface area contributed by atoms with Gasteiger partial charge in [-0.3, -0.25) is 4.90 Å². The quantitative estimate of drug-likeness (QED) is 0.745. The van der Waals surface area contributed by atoms with Gasteiger partial charge in [0.05, 0.1) is 24.2 Å². The van der Waals surface area contributed by atoms with Crippen LogP contribution in [-0.2, 0) is 4.74 Å². The lowest BCUT2D eigenvalue weighted by Crippen LogP contribution is -2.46. The summed E-state index contributed by atoms with van der Waals surface area (Å²) in [4.78, 5) is 2.39. The standard InChI is InChI=1S/C17H26ClNO2/c1-4-9-20-16-7-5-15(6-8-16)17(18)12-19-10-13(2)21-14(3)11-19/h5-8,13-14,17H,4,9-12H2,1-3H3. The molecule has 118 valence electrons. The molecule has 0 aliphatic carbocycles. The third kappa shape index (κ3) is 5.17. The normalized spacial score (nSPS) is 24.8. The number of benzene rings is 1. The fourth-order valence-electron chi connectivity index (χ4n) is 2.76. The maximum atomic E-state index is 6.57. The maximum Gasteiger partial charge on any atom is 0.119 e. The minimum absolute atomic E-state index is 0.00252. The van der Waals surface area contributed by atoms with Gasteiger partial charge in [-0.25, -0.2) is 0 Å². The molecule has 0 radical (unpaired) electrons. The summed E-state index contributed by atoms with van der Waals surface area (Å²) in [5, 5.41) is 0.00252. The average Bonchev–Trinajstić information content (AvgIpc) is 2.44. The summed E-state index contributed by atoms with van der Waals surface area (Å²) >= 11 is 6.57. The lowest BCUT2D eigenvalue weighted by molar-refractivity contribution is -0.0678. The second kappa shape index (κ2) is 8.02. The second-order valence-corrected chi connectivity index (χ2v) is 6.39. The monoisotopic (exact) mass is 311 g/mol. The van der Waals surface area contributed by atoms with Crippen LogP contribution >= 0.6 is 11.6 Å². The zero-order valence-electron chi connectivity index (χ0n) is 13.2. The second-order valence-electron chi connectivity index (χ2n) is 5.86. The molecule has 2 rings (SSSR count). The summed E-state index contributed by atoms with van der Waals surface area (Å²) in [5.74, 6) is 0.915. The van der Waals surface area contributed by atoms with Crippen LogP contribution in [-0.4, -0.2) is 43.3 Å². The van der Waals surface area contributed by atoms with Crippen molar-refractivity contribution in [3.63, 3.8) is 0 Å². The molecule has 1 aliphatic heterocycles. The van der Waals surface area contributed by atoms with Crippen LogP contribution < -0.4 is 4.74 Å². The Labute approximate surface area is 133 Å². The lowest BCUT2D eigenvalue weighted by Gasteiger charge is -2.36. The molecule has 1 fully saturated rings. The van der Waals surface area contributed by atoms with Gasteiger partial charge < -0.3 is 9.47 Å². The van der Waals surface area contributed by atoms with Crippen LogP contribution in [0, 0.1) is 0 Å². The average molecular weight is 312 g/mol. The SMILES string of the molecule is CCCOc1ccc(C(Cl)CN2CC(C)OC(C)C2)cc1. The van der Waals surface area contributed by atoms with Crippen molar-refractivity contribution < 1.29 is 9.47 Å². The summed E-state index contributed by atoms with van der Waals surface area (Å²) in [7, 11) is 0. The Hall–Kier alpha value is -0.770. The Morgan fingerprint density at radius 1 is 1.24 bits per heavy atom. The van der Waals surface area contributed by atoms with Crippen molar-refractivity contribution in [2.45, 2.75) is 44.8 Å². The highest BCUT2D eigenvalue weighted by Gasteiger charge is 2.24. The third-order valence-electron chi connectivity index (χ3n) is 3.63. The van der Waals surface area contributed by atoms with Crippen molar-refractivity contribution in [3.05, 3.63) is 29.8 Å². The summed E-state index contributed by atoms with van der Waals surface area (Å²) in [6.07, 6.45) is 1.58. The number of nitrogens with zero attached hydrogens (tertiary/aromatic N) is 1. The first-order valence-corrected chi connectivity index (χ1v) is 8.26. The largest absolute Gasteiger partial charge is 0.494 e. The Balaban J connectivity index is 1.89. The molecule has 0 amide bonds. The van der Waals surface area contributed by atoms with E-state index in [0.29, 0.717) is 0 Å². The van der Waals surface area contributed by atoms with Gasteiger partial charge in [-0.05, 0) is 38.0 Å². The van der Waals surface area contributed by atoms with Gasteiger partial charge in [-0.15, -0.1) is 11.6 Å². The van der Waals surface area contributed by atoms with Gasteiger partial charge in [0.25, 0.3) is 0 Å². The van der Waals surface area contributed by atoms with Crippen molar-refractivity contribution in [1.29, 1.82) is 0 Å². The van der Waals surface area contributed by atoms with Crippen molar-refractivity contribution in [2.24, 2.45) is 0 Å². The van der Waals surface area contributed by atoms with Gasteiger partial charge in [0.1, 0.15) is 5.75 Å². The number of alkyl halides is 1. The Kier molecular flexibility index (Phi) is 6.34. The first-order chi connectivity index (χ1) is 10.1. The van der Waals surface area contributed by atoms with Crippen LogP contribution in [0.1, 0.15) is 38.1 Å². The third-order valence-corrected chi connectivity index (χ3v) is 4.02. The molecule has 1 saturated heterocycles. The van der Waals surface area contributed by atoms with Gasteiger partial charge in [-0.2, -0.15) is 0 Å². The van der Waals surface area contributed by atoms with E-state index in [9.17, 15) is 0 Å². The molecule has 1 aliphatic rings. The first kappa shape index (κ1) is 16.6. The molecular weight excluding hydrogens is 286 g/mol. The first-order valence-electron chi connectivity index (χ1n) is 7.83. The van der Waals surface area contributed by atoms with Crippen molar-refractivity contribution in [3.8, 4) is 5.75 Å². The highest BCUT2D eigenvalue weighted by molar-refractivity contribution is 6.21. The van der Waals surface area contributed by atoms with Crippen molar-refractivity contribution in [2.75, 3.05) is 26.2 Å². The van der Waals surface area contributed by atoms with Crippen LogP contribution in [0.3, 0.4) is 0 Å². The number of hydrogen-bond donors (Lipinski definition) is 0. The predicted molar refractivity (Wildman–Crippen MR) is 87.3 cm³/mol. The van der Waals surface area contributed by atoms with E-state index >= 15 is 0 Å². The molecule has 3 atom stereocenters. The molecule has 0 saturated carbocycles. The number of ether oxygens (including phenoxy) is 2. The molecule has 3 unspecified atom stereocenters. The van der Waals surface area contributed by atoms with Gasteiger partial charge in [0, 0.05) is 19.6 Å². The molecular formula is C17H26ClNO2. The number of halogens is 1. The summed E-state index contributed by atoms with van der Waals surface area (Å²) < 4.78 is 11.4. The van der Waals surface area contributed by atoms with Crippen LogP contribution in [0.4, 0.5) is 0 Å². The number of rotatable bonds is 6. The fraction of sp³-hybridized carbons (Fsp3) is 0.647. The summed E-state index contributed by atoms with van der Waals surface area (Å²) in [6.45, 7) is 9.85. The van der Waals surface area contributed by atoms with Crippen molar-refractivity contribution >= 4 is 11.6 Å². The maximum absolute atomic E-state index is 6.57. The molecule has 4 heteroatoms. The predicted octanol–water partition coefficient (Wildman–Crippen LogP) is 3.86. The smallest absolute Gasteiger partial charge is 0.119 e. The zero-order chi connectivity index (χ0) is 15.2. The van der Waals surface area contributed by atoms with Crippen LogP contribution in [0.5, 0.6) is 5.75 Å². The van der Waals surface area contributed by atoms with E-state index in [0.717, 1.165) is 44.0 Å². The van der Waals surface area contributed by atoms with E-state index in [-0.39, 0.29) is 17.6 Å². The van der Waals surface area contributed by atoms with Gasteiger partial charge in [0.2, 0.25) is 0 Å². The molecule has 0 bridgehead atoms. The van der Waals surface area contributed by atoms with E-state index in [1.54, 1.807) is 0 Å². The molecule has 1 aromatic rings. The van der Waals surface area contributed by atoms with E-state index in [4.69, 9.17) is 21.1 Å². The molecule has 1 heterocycles. The van der Waals surface area contributed by atoms with Crippen LogP contribution in [0.15, 0.2) is 24.3 Å². The summed E-state index contributed by atoms with van der Waals surface area (Å²) in [6, 6.07) is 8.14. The Bertz CT molecular complexity index is 413. The van der Waals surface area contributed by atoms with Gasteiger partial charge in [0.15, 0.2) is 0 Å². The van der Waals surface area contributed by atoms with E-state index in [2.05, 4.69) is 37.8 Å². The Morgan fingerprint density at radius 2 is 1.86 bits per heavy atom. The van der Waals surface area contributed by atoms with E-state index in [1.165, 1.54) is 0 Å². The molecule has 3 nitrogen and oxygen atoms in total. The van der Waals surface area contributed by atoms with Crippen molar-refractivity contribution in [1.82, 2.24) is 4.90 Å². The topological polar surface area (TPSA) is 21.7 Å². The molecule has 1 aromatic carbocycles. The minimum Gasteiger partial charge on any atom is -0.494 e. The Morgan fingerprint density at radius 3 is 2.43 bits per heavy atom. The highest BCUT2D eigenvalue weighted by atomic mass is 35.5. The van der Waals surface area contributed by atoms with Crippen LogP contribution in [0.2, 0.25) is 0 Å². The lowest BCUT2D eigenvalue weighted by atomic mass is 10.1. The van der Waals surface area contributed by atoms with Gasteiger partial charge in [-0.1, -0.05) is 19.1 Å². The molecule has 21 heavy (non-hydrogen) atoms. The van der Waals surface area contributed by atoms with Crippen LogP contribution in [0.25, 0.3) is 0 Å². The molecule has 0 spiro atoms. The highest BCUT2D eigenvalue weighted by Crippen LogP contribution is 2.25. The fourth-order valence-corrected chi connectivity index (χ4v) is 3.10. The molecule has 0 N–H and O–H groups in total. The van der Waals surface area contributed by atoms with E-state index < -0.39 is 0 Å². The number of morpholine rings is 1. The molecule has 0 aromatic heterocycles. The zero-order valence-corrected chi connectivity index (χ0v) is 14.0. The minimum atomic E-state index is 0.00252. The summed E-state index contributed by atoms with van der Waals surface area (Å²) in [5.41, 5.74) is 1.15. The number of hydrogen-bond acceptors (Lipinski definition) is 3. The van der Waals surface area contributed by atoms with Gasteiger partial charge >= 0.3 is 0 Å².